The van der Waals surface area contributed by atoms with Crippen molar-refractivity contribution in [3.05, 3.63) is 54.4 Å². The van der Waals surface area contributed by atoms with Gasteiger partial charge in [0.25, 0.3) is 0 Å². The number of carbonyl (C=O) groups excluding carboxylic acids is 2. The highest BCUT2D eigenvalue weighted by Gasteiger charge is 2.46. The van der Waals surface area contributed by atoms with E-state index in [2.05, 4.69) is 15.0 Å². The van der Waals surface area contributed by atoms with Gasteiger partial charge in [0.05, 0.1) is 29.5 Å². The highest BCUT2D eigenvalue weighted by molar-refractivity contribution is 6.12. The average molecular weight is 459 g/mol. The number of benzene rings is 1. The van der Waals surface area contributed by atoms with E-state index in [1.807, 2.05) is 52.8 Å². The van der Waals surface area contributed by atoms with Gasteiger partial charge in [0.2, 0.25) is 5.91 Å². The fraction of sp³-hybridized carbons (Fsp3) is 0.360. The van der Waals surface area contributed by atoms with E-state index in [9.17, 15) is 9.59 Å². The minimum atomic E-state index is -0.748. The smallest absolute Gasteiger partial charge is 0.415 e. The lowest BCUT2D eigenvalue weighted by Gasteiger charge is -2.25. The number of aryl methyl sites for hydroxylation is 1. The van der Waals surface area contributed by atoms with Gasteiger partial charge in [0.1, 0.15) is 12.4 Å². The molecule has 1 aromatic carbocycles. The first kappa shape index (κ1) is 21.9. The number of hydrogen-bond donors (Lipinski definition) is 0. The van der Waals surface area contributed by atoms with Crippen LogP contribution in [0.1, 0.15) is 39.1 Å². The first-order valence-corrected chi connectivity index (χ1v) is 11.2. The van der Waals surface area contributed by atoms with E-state index in [1.165, 1.54) is 11.1 Å². The quantitative estimate of drug-likeness (QED) is 0.578. The SMILES string of the molecule is Cc1ncc(-c2ccc3c(c2)N(c2cncc(N4C(=O)OC[C@@H]4C(C)C)n2)C(=O)C3(C)C)cn1. The predicted octanol–water partition coefficient (Wildman–Crippen LogP) is 4.18. The van der Waals surface area contributed by atoms with Crippen LogP contribution in [0.5, 0.6) is 0 Å². The number of rotatable bonds is 4. The number of nitrogens with zero attached hydrogens (tertiary/aromatic N) is 6. The van der Waals surface area contributed by atoms with Crippen molar-refractivity contribution in [3.8, 4) is 11.1 Å². The van der Waals surface area contributed by atoms with Crippen molar-refractivity contribution in [1.29, 1.82) is 0 Å². The van der Waals surface area contributed by atoms with Gasteiger partial charge in [0, 0.05) is 18.0 Å². The lowest BCUT2D eigenvalue weighted by molar-refractivity contribution is -0.121. The number of aromatic nitrogens is 4. The Hall–Kier alpha value is -3.88. The molecule has 2 aliphatic rings. The van der Waals surface area contributed by atoms with E-state index in [4.69, 9.17) is 9.72 Å². The normalized spacial score (nSPS) is 19.1. The van der Waals surface area contributed by atoms with Gasteiger partial charge in [-0.05, 0) is 43.9 Å². The Balaban J connectivity index is 1.60. The Labute approximate surface area is 197 Å². The van der Waals surface area contributed by atoms with Gasteiger partial charge in [-0.3, -0.25) is 19.6 Å². The van der Waals surface area contributed by atoms with Crippen molar-refractivity contribution in [2.75, 3.05) is 16.4 Å². The van der Waals surface area contributed by atoms with E-state index in [-0.39, 0.29) is 17.9 Å². The Kier molecular flexibility index (Phi) is 5.07. The predicted molar refractivity (Wildman–Crippen MR) is 127 cm³/mol. The molecule has 0 radical (unpaired) electrons. The number of hydrogen-bond acceptors (Lipinski definition) is 7. The molecule has 0 bridgehead atoms. The molecule has 9 heteroatoms. The first-order valence-electron chi connectivity index (χ1n) is 11.2. The number of ether oxygens (including phenoxy) is 1. The lowest BCUT2D eigenvalue weighted by atomic mass is 9.85. The maximum Gasteiger partial charge on any atom is 0.415 e. The summed E-state index contributed by atoms with van der Waals surface area (Å²) in [6.45, 7) is 9.97. The molecule has 0 N–H and O–H groups in total. The maximum absolute atomic E-state index is 13.6. The van der Waals surface area contributed by atoms with Crippen molar-refractivity contribution in [2.45, 2.75) is 46.1 Å². The maximum atomic E-state index is 13.6. The van der Waals surface area contributed by atoms with Crippen LogP contribution < -0.4 is 9.80 Å². The summed E-state index contributed by atoms with van der Waals surface area (Å²) in [5.41, 5.74) is 2.61. The third kappa shape index (κ3) is 3.39. The Morgan fingerprint density at radius 1 is 1.03 bits per heavy atom. The fourth-order valence-corrected chi connectivity index (χ4v) is 4.46. The number of amides is 2. The van der Waals surface area contributed by atoms with Gasteiger partial charge in [-0.1, -0.05) is 26.0 Å². The summed E-state index contributed by atoms with van der Waals surface area (Å²) < 4.78 is 5.27. The highest BCUT2D eigenvalue weighted by atomic mass is 16.6. The van der Waals surface area contributed by atoms with Crippen LogP contribution in [0.2, 0.25) is 0 Å². The Morgan fingerprint density at radius 2 is 1.74 bits per heavy atom. The van der Waals surface area contributed by atoms with Crippen molar-refractivity contribution < 1.29 is 14.3 Å². The van der Waals surface area contributed by atoms with Gasteiger partial charge in [-0.25, -0.2) is 19.7 Å². The molecule has 1 atom stereocenters. The van der Waals surface area contributed by atoms with E-state index in [0.29, 0.717) is 24.1 Å². The molecule has 174 valence electrons. The zero-order valence-electron chi connectivity index (χ0n) is 19.8. The van der Waals surface area contributed by atoms with E-state index in [0.717, 1.165) is 22.4 Å². The zero-order valence-corrected chi connectivity index (χ0v) is 19.8. The molecule has 0 aliphatic carbocycles. The second kappa shape index (κ2) is 7.86. The minimum Gasteiger partial charge on any atom is -0.447 e. The number of cyclic esters (lactones) is 1. The molecular weight excluding hydrogens is 432 g/mol. The second-order valence-corrected chi connectivity index (χ2v) is 9.51. The summed E-state index contributed by atoms with van der Waals surface area (Å²) in [5, 5.41) is 0. The summed E-state index contributed by atoms with van der Waals surface area (Å²) >= 11 is 0. The van der Waals surface area contributed by atoms with Crippen molar-refractivity contribution in [3.63, 3.8) is 0 Å². The van der Waals surface area contributed by atoms with E-state index in [1.54, 1.807) is 23.5 Å². The highest BCUT2D eigenvalue weighted by Crippen LogP contribution is 2.46. The summed E-state index contributed by atoms with van der Waals surface area (Å²) in [6.07, 6.45) is 6.14. The Morgan fingerprint density at radius 3 is 2.44 bits per heavy atom. The molecular formula is C25H26N6O3. The van der Waals surface area contributed by atoms with Crippen molar-refractivity contribution in [1.82, 2.24) is 19.9 Å². The van der Waals surface area contributed by atoms with Gasteiger partial charge in [-0.15, -0.1) is 0 Å². The fourth-order valence-electron chi connectivity index (χ4n) is 4.46. The molecule has 5 rings (SSSR count). The van der Waals surface area contributed by atoms with Gasteiger partial charge < -0.3 is 4.74 Å². The lowest BCUT2D eigenvalue weighted by Crippen LogP contribution is -2.38. The van der Waals surface area contributed by atoms with Crippen LogP contribution in [-0.4, -0.2) is 44.6 Å². The molecule has 0 unspecified atom stereocenters. The van der Waals surface area contributed by atoms with Crippen LogP contribution in [0.3, 0.4) is 0 Å². The summed E-state index contributed by atoms with van der Waals surface area (Å²) in [6, 6.07) is 5.74. The van der Waals surface area contributed by atoms with Crippen LogP contribution in [0.15, 0.2) is 43.0 Å². The molecule has 3 aromatic rings. The molecule has 9 nitrogen and oxygen atoms in total. The molecule has 2 aromatic heterocycles. The van der Waals surface area contributed by atoms with Crippen LogP contribution in [-0.2, 0) is 14.9 Å². The molecule has 34 heavy (non-hydrogen) atoms. The van der Waals surface area contributed by atoms with Crippen LogP contribution in [0.4, 0.5) is 22.1 Å². The van der Waals surface area contributed by atoms with E-state index < -0.39 is 11.5 Å². The standard InChI is InChI=1S/C25H26N6O3/c1-14(2)20-13-34-24(33)31(20)22-12-26-11-21(29-22)30-19-8-16(17-9-27-15(3)28-10-17)6-7-18(19)25(4,5)23(30)32/h6-12,14,20H,13H2,1-5H3/t20-/m1/s1. The third-order valence-electron chi connectivity index (χ3n) is 6.52. The molecule has 4 heterocycles. The topological polar surface area (TPSA) is 101 Å². The monoisotopic (exact) mass is 458 g/mol. The molecule has 1 fully saturated rings. The number of carbonyl (C=O) groups is 2. The van der Waals surface area contributed by atoms with E-state index >= 15 is 0 Å². The van der Waals surface area contributed by atoms with Crippen molar-refractivity contribution in [2.24, 2.45) is 5.92 Å². The van der Waals surface area contributed by atoms with Crippen molar-refractivity contribution >= 4 is 29.3 Å². The molecule has 2 aliphatic heterocycles. The van der Waals surface area contributed by atoms with Crippen LogP contribution in [0.25, 0.3) is 11.1 Å². The van der Waals surface area contributed by atoms with Crippen LogP contribution >= 0.6 is 0 Å². The number of anilines is 3. The molecule has 1 saturated heterocycles. The van der Waals surface area contributed by atoms with Crippen LogP contribution in [0, 0.1) is 12.8 Å². The van der Waals surface area contributed by atoms with Gasteiger partial charge in [0.15, 0.2) is 11.6 Å². The molecule has 2 amide bonds. The largest absolute Gasteiger partial charge is 0.447 e. The summed E-state index contributed by atoms with van der Waals surface area (Å²) in [4.78, 5) is 46.7. The molecule has 0 spiro atoms. The Bertz CT molecular complexity index is 1290. The zero-order chi connectivity index (χ0) is 24.2. The van der Waals surface area contributed by atoms with Gasteiger partial charge >= 0.3 is 6.09 Å². The van der Waals surface area contributed by atoms with Gasteiger partial charge in [-0.2, -0.15) is 0 Å². The summed E-state index contributed by atoms with van der Waals surface area (Å²) in [5.74, 6) is 1.46. The molecule has 0 saturated carbocycles. The first-order chi connectivity index (χ1) is 16.2. The summed E-state index contributed by atoms with van der Waals surface area (Å²) in [7, 11) is 0. The number of fused-ring (bicyclic) bond motifs is 1. The third-order valence-corrected chi connectivity index (χ3v) is 6.52. The second-order valence-electron chi connectivity index (χ2n) is 9.51. The minimum absolute atomic E-state index is 0.115. The average Bonchev–Trinajstić information content (AvgIpc) is 3.29.